The number of carbonyl (C=O) groups excluding carboxylic acids is 3. The number of rotatable bonds is 7. The largest absolute Gasteiger partial charge is 0.510 e. The van der Waals surface area contributed by atoms with Crippen LogP contribution in [0.1, 0.15) is 28.8 Å². The van der Waals surface area contributed by atoms with Gasteiger partial charge in [-0.25, -0.2) is 0 Å². The molecule has 4 rings (SSSR count). The summed E-state index contributed by atoms with van der Waals surface area (Å²) in [7, 11) is 2.97. The quantitative estimate of drug-likeness (QED) is 0.214. The second kappa shape index (κ2) is 9.67. The zero-order valence-electron chi connectivity index (χ0n) is 22.0. The molecule has 1 aromatic carbocycles. The van der Waals surface area contributed by atoms with Crippen molar-refractivity contribution >= 4 is 23.2 Å². The van der Waals surface area contributed by atoms with Crippen LogP contribution in [-0.4, -0.2) is 92.8 Å². The lowest BCUT2D eigenvalue weighted by Gasteiger charge is -2.53. The summed E-state index contributed by atoms with van der Waals surface area (Å²) in [5, 5.41) is 57.0. The van der Waals surface area contributed by atoms with Crippen molar-refractivity contribution in [1.29, 1.82) is 0 Å². The van der Waals surface area contributed by atoms with Crippen LogP contribution < -0.4 is 10.6 Å². The van der Waals surface area contributed by atoms with Gasteiger partial charge in [-0.1, -0.05) is 25.1 Å². The van der Waals surface area contributed by atoms with Crippen molar-refractivity contribution in [1.82, 2.24) is 4.90 Å². The van der Waals surface area contributed by atoms with Crippen LogP contribution in [0.4, 0.5) is 5.69 Å². The Labute approximate surface area is 225 Å². The number of primary amides is 1. The van der Waals surface area contributed by atoms with Gasteiger partial charge < -0.3 is 36.2 Å². The molecule has 6 atom stereocenters. The Morgan fingerprint density at radius 1 is 1.13 bits per heavy atom. The van der Waals surface area contributed by atoms with Crippen LogP contribution in [0.25, 0.3) is 0 Å². The third kappa shape index (κ3) is 3.72. The van der Waals surface area contributed by atoms with E-state index in [1.807, 2.05) is 0 Å². The molecule has 6 unspecified atom stereocenters. The molecule has 0 heterocycles. The van der Waals surface area contributed by atoms with Crippen LogP contribution >= 0.6 is 0 Å². The van der Waals surface area contributed by atoms with Crippen LogP contribution in [-0.2, 0) is 9.59 Å². The Balaban J connectivity index is 2.00. The van der Waals surface area contributed by atoms with Crippen molar-refractivity contribution in [3.05, 3.63) is 71.2 Å². The maximum Gasteiger partial charge on any atom is 0.255 e. The molecule has 3 aliphatic carbocycles. The van der Waals surface area contributed by atoms with E-state index < -0.39 is 75.6 Å². The highest BCUT2D eigenvalue weighted by Gasteiger charge is 2.67. The van der Waals surface area contributed by atoms with Gasteiger partial charge in [-0.3, -0.25) is 19.3 Å². The maximum absolute atomic E-state index is 13.9. The number of ketones is 2. The first-order valence-electron chi connectivity index (χ1n) is 12.4. The Bertz CT molecular complexity index is 1350. The number of aliphatic hydroxyl groups excluding tert-OH is 3. The molecule has 3 aliphatic rings. The number of phenols is 1. The molecule has 1 aromatic rings. The summed E-state index contributed by atoms with van der Waals surface area (Å²) in [5.41, 5.74) is 1.55. The SMILES string of the molecule is C=CCN(CC=C)c1ccc2c(c1O)C(=O)C1=C(O)C3(O)C(=O)C(C(N)=O)=C(O)C(N(C)C)C3C(O)C1C2C. The van der Waals surface area contributed by atoms with Crippen molar-refractivity contribution in [2.24, 2.45) is 17.6 Å². The van der Waals surface area contributed by atoms with Crippen LogP contribution in [0.15, 0.2) is 60.1 Å². The third-order valence-electron chi connectivity index (χ3n) is 8.15. The molecule has 208 valence electrons. The highest BCUT2D eigenvalue weighted by molar-refractivity contribution is 6.25. The molecule has 0 saturated heterocycles. The summed E-state index contributed by atoms with van der Waals surface area (Å²) in [6.07, 6.45) is 1.58. The lowest BCUT2D eigenvalue weighted by Crippen LogP contribution is -2.68. The molecule has 0 aliphatic heterocycles. The van der Waals surface area contributed by atoms with E-state index in [0.717, 1.165) is 0 Å². The van der Waals surface area contributed by atoms with Gasteiger partial charge in [0.2, 0.25) is 5.78 Å². The van der Waals surface area contributed by atoms with E-state index in [2.05, 4.69) is 13.2 Å². The first-order chi connectivity index (χ1) is 18.3. The smallest absolute Gasteiger partial charge is 0.255 e. The van der Waals surface area contributed by atoms with Crippen molar-refractivity contribution in [2.75, 3.05) is 32.1 Å². The predicted molar refractivity (Wildman–Crippen MR) is 142 cm³/mol. The van der Waals surface area contributed by atoms with Crippen molar-refractivity contribution in [3.8, 4) is 5.75 Å². The highest BCUT2D eigenvalue weighted by atomic mass is 16.4. The molecular formula is C28H33N3O8. The minimum Gasteiger partial charge on any atom is -0.510 e. The number of aromatic hydroxyl groups is 1. The number of hydrogen-bond acceptors (Lipinski definition) is 10. The van der Waals surface area contributed by atoms with Crippen LogP contribution in [0.3, 0.4) is 0 Å². The normalized spacial score (nSPS) is 30.1. The Morgan fingerprint density at radius 3 is 2.23 bits per heavy atom. The van der Waals surface area contributed by atoms with Gasteiger partial charge in [-0.2, -0.15) is 0 Å². The first-order valence-corrected chi connectivity index (χ1v) is 12.4. The van der Waals surface area contributed by atoms with E-state index in [9.17, 15) is 39.9 Å². The third-order valence-corrected chi connectivity index (χ3v) is 8.15. The maximum atomic E-state index is 13.9. The molecular weight excluding hydrogens is 506 g/mol. The van der Waals surface area contributed by atoms with Gasteiger partial charge in [0.05, 0.1) is 29.3 Å². The van der Waals surface area contributed by atoms with E-state index in [1.165, 1.54) is 19.0 Å². The van der Waals surface area contributed by atoms with E-state index in [1.54, 1.807) is 36.1 Å². The lowest BCUT2D eigenvalue weighted by atomic mass is 9.55. The number of fused-ring (bicyclic) bond motifs is 3. The second-order valence-corrected chi connectivity index (χ2v) is 10.4. The number of amides is 1. The fraction of sp³-hybridized carbons (Fsp3) is 0.393. The number of aliphatic hydroxyl groups is 4. The Hall–Kier alpha value is -3.93. The summed E-state index contributed by atoms with van der Waals surface area (Å²) in [5.74, 6) is -9.18. The van der Waals surface area contributed by atoms with Crippen LogP contribution in [0, 0.1) is 11.8 Å². The van der Waals surface area contributed by atoms with Crippen LogP contribution in [0.5, 0.6) is 5.75 Å². The first kappa shape index (κ1) is 28.1. The number of nitrogens with zero attached hydrogens (tertiary/aromatic N) is 2. The molecule has 7 N–H and O–H groups in total. The van der Waals surface area contributed by atoms with Gasteiger partial charge in [0.15, 0.2) is 11.4 Å². The van der Waals surface area contributed by atoms with Crippen molar-refractivity contribution < 1.29 is 39.9 Å². The molecule has 39 heavy (non-hydrogen) atoms. The summed E-state index contributed by atoms with van der Waals surface area (Å²) >= 11 is 0. The summed E-state index contributed by atoms with van der Waals surface area (Å²) in [6, 6.07) is 1.97. The number of hydrogen-bond donors (Lipinski definition) is 6. The minimum absolute atomic E-state index is 0.147. The van der Waals surface area contributed by atoms with Crippen molar-refractivity contribution in [3.63, 3.8) is 0 Å². The van der Waals surface area contributed by atoms with E-state index in [0.29, 0.717) is 24.3 Å². The van der Waals surface area contributed by atoms with E-state index >= 15 is 0 Å². The number of Topliss-reactive ketones (excluding diaryl/α,β-unsaturated/α-hetero) is 2. The van der Waals surface area contributed by atoms with Crippen LogP contribution in [0.2, 0.25) is 0 Å². The molecule has 0 aromatic heterocycles. The van der Waals surface area contributed by atoms with Gasteiger partial charge in [0, 0.05) is 24.6 Å². The Morgan fingerprint density at radius 2 is 1.72 bits per heavy atom. The summed E-state index contributed by atoms with van der Waals surface area (Å²) < 4.78 is 0. The number of benzene rings is 1. The number of carbonyl (C=O) groups is 3. The number of phenolic OH excluding ortho intramolecular Hbond substituents is 1. The van der Waals surface area contributed by atoms with Gasteiger partial charge in [-0.15, -0.1) is 13.2 Å². The van der Waals surface area contributed by atoms with Gasteiger partial charge in [0.1, 0.15) is 22.8 Å². The van der Waals surface area contributed by atoms with Gasteiger partial charge in [-0.05, 0) is 31.6 Å². The van der Waals surface area contributed by atoms with E-state index in [-0.39, 0.29) is 11.3 Å². The van der Waals surface area contributed by atoms with Gasteiger partial charge >= 0.3 is 0 Å². The average Bonchev–Trinajstić information content (AvgIpc) is 2.85. The monoisotopic (exact) mass is 539 g/mol. The second-order valence-electron chi connectivity index (χ2n) is 10.4. The minimum atomic E-state index is -2.95. The molecule has 1 amide bonds. The number of likely N-dealkylation sites (N-methyl/N-ethyl adjacent to an activating group) is 1. The molecule has 0 bridgehead atoms. The Kier molecular flexibility index (Phi) is 6.97. The summed E-state index contributed by atoms with van der Waals surface area (Å²) in [4.78, 5) is 42.6. The van der Waals surface area contributed by atoms with Crippen molar-refractivity contribution in [2.45, 2.75) is 30.6 Å². The molecule has 0 saturated carbocycles. The molecule has 0 spiro atoms. The molecule has 0 fully saturated rings. The summed E-state index contributed by atoms with van der Waals surface area (Å²) in [6.45, 7) is 9.75. The van der Waals surface area contributed by atoms with Gasteiger partial charge in [0.25, 0.3) is 5.91 Å². The zero-order valence-corrected chi connectivity index (χ0v) is 22.0. The topological polar surface area (TPSA) is 185 Å². The predicted octanol–water partition coefficient (Wildman–Crippen LogP) is 0.831. The number of anilines is 1. The molecule has 11 nitrogen and oxygen atoms in total. The molecule has 11 heteroatoms. The molecule has 0 radical (unpaired) electrons. The highest BCUT2D eigenvalue weighted by Crippen LogP contribution is 2.56. The fourth-order valence-electron chi connectivity index (χ4n) is 6.45. The lowest BCUT2D eigenvalue weighted by molar-refractivity contribution is -0.162. The standard InChI is InChI=1S/C28H33N3O8/c1-6-10-31(11-7-2)14-9-8-13-12(3)15-17(22(33)16(13)21(14)32)25(36)28(39)19(23(15)34)20(30(4)5)24(35)18(26(28)37)27(29)38/h6-9,12,15,19-20,23,32,34-36,39H,1-2,10-11H2,3-5H3,(H2,29,38). The van der Waals surface area contributed by atoms with E-state index in [4.69, 9.17) is 5.73 Å². The zero-order chi connectivity index (χ0) is 29.1. The average molecular weight is 540 g/mol. The number of nitrogens with two attached hydrogens (primary N) is 1. The fourth-order valence-corrected chi connectivity index (χ4v) is 6.45.